The van der Waals surface area contributed by atoms with Crippen molar-refractivity contribution in [1.29, 1.82) is 0 Å². The van der Waals surface area contributed by atoms with Crippen LogP contribution in [0.5, 0.6) is 0 Å². The third kappa shape index (κ3) is 3.56. The second-order valence-electron chi connectivity index (χ2n) is 4.46. The number of carbonyl (C=O) groups excluding carboxylic acids is 1. The van der Waals surface area contributed by atoms with Gasteiger partial charge in [-0.15, -0.1) is 0 Å². The van der Waals surface area contributed by atoms with E-state index in [9.17, 15) is 9.18 Å². The maximum absolute atomic E-state index is 13.8. The molecule has 1 aliphatic heterocycles. The Morgan fingerprint density at radius 1 is 1.40 bits per heavy atom. The zero-order valence-electron chi connectivity index (χ0n) is 11.2. The Labute approximate surface area is 117 Å². The van der Waals surface area contributed by atoms with Crippen LogP contribution in [-0.4, -0.2) is 43.7 Å². The first kappa shape index (κ1) is 14.5. The lowest BCUT2D eigenvalue weighted by Gasteiger charge is -2.19. The molecule has 1 heterocycles. The molecule has 5 heteroatoms. The summed E-state index contributed by atoms with van der Waals surface area (Å²) in [5.41, 5.74) is 5.84. The van der Waals surface area contributed by atoms with Gasteiger partial charge in [-0.25, -0.2) is 4.39 Å². The molecule has 20 heavy (non-hydrogen) atoms. The third-order valence-electron chi connectivity index (χ3n) is 3.05. The Bertz CT molecular complexity index is 541. The second kappa shape index (κ2) is 7.04. The van der Waals surface area contributed by atoms with Gasteiger partial charge in [0.05, 0.1) is 18.7 Å². The second-order valence-corrected chi connectivity index (χ2v) is 4.46. The molecular weight excluding hydrogens is 259 g/mol. The van der Waals surface area contributed by atoms with Gasteiger partial charge in [0.15, 0.2) is 0 Å². The van der Waals surface area contributed by atoms with E-state index in [4.69, 9.17) is 10.5 Å². The first-order valence-electron chi connectivity index (χ1n) is 6.58. The number of ether oxygens (including phenoxy) is 1. The number of amides is 1. The van der Waals surface area contributed by atoms with Crippen molar-refractivity contribution in [3.63, 3.8) is 0 Å². The molecule has 0 unspecified atom stereocenters. The monoisotopic (exact) mass is 276 g/mol. The zero-order valence-corrected chi connectivity index (χ0v) is 11.2. The molecule has 1 fully saturated rings. The van der Waals surface area contributed by atoms with E-state index in [2.05, 4.69) is 11.8 Å². The van der Waals surface area contributed by atoms with E-state index in [0.29, 0.717) is 31.9 Å². The molecule has 106 valence electrons. The van der Waals surface area contributed by atoms with E-state index in [1.807, 2.05) is 0 Å². The minimum absolute atomic E-state index is 0.173. The van der Waals surface area contributed by atoms with E-state index in [0.717, 1.165) is 6.42 Å². The average molecular weight is 276 g/mol. The van der Waals surface area contributed by atoms with Crippen LogP contribution < -0.4 is 5.73 Å². The van der Waals surface area contributed by atoms with Crippen LogP contribution in [0.25, 0.3) is 0 Å². The van der Waals surface area contributed by atoms with Crippen LogP contribution in [0.2, 0.25) is 0 Å². The Hall–Kier alpha value is -1.90. The highest BCUT2D eigenvalue weighted by Gasteiger charge is 2.18. The van der Waals surface area contributed by atoms with Gasteiger partial charge in [0.25, 0.3) is 5.91 Å². The quantitative estimate of drug-likeness (QED) is 0.779. The topological polar surface area (TPSA) is 55.6 Å². The Morgan fingerprint density at radius 2 is 2.25 bits per heavy atom. The van der Waals surface area contributed by atoms with E-state index in [1.54, 1.807) is 11.0 Å². The molecule has 0 atom stereocenters. The van der Waals surface area contributed by atoms with Crippen molar-refractivity contribution in [3.05, 3.63) is 35.1 Å². The van der Waals surface area contributed by atoms with E-state index >= 15 is 0 Å². The van der Waals surface area contributed by atoms with Crippen LogP contribution in [0, 0.1) is 17.7 Å². The summed E-state index contributed by atoms with van der Waals surface area (Å²) in [4.78, 5) is 14.0. The number of benzene rings is 1. The largest absolute Gasteiger partial charge is 0.380 e. The molecule has 2 N–H and O–H groups in total. The van der Waals surface area contributed by atoms with E-state index in [-0.39, 0.29) is 18.0 Å². The highest BCUT2D eigenvalue weighted by molar-refractivity contribution is 5.94. The summed E-state index contributed by atoms with van der Waals surface area (Å²) in [5.74, 6) is 4.55. The number of hydrogen-bond donors (Lipinski definition) is 1. The lowest BCUT2D eigenvalue weighted by atomic mass is 10.1. The maximum atomic E-state index is 13.8. The number of carbonyl (C=O) groups is 1. The van der Waals surface area contributed by atoms with Gasteiger partial charge in [0.1, 0.15) is 5.82 Å². The number of nitrogens with zero attached hydrogens (tertiary/aromatic N) is 1. The van der Waals surface area contributed by atoms with Crippen molar-refractivity contribution in [2.75, 3.05) is 32.8 Å². The fourth-order valence-corrected chi connectivity index (χ4v) is 2.03. The summed E-state index contributed by atoms with van der Waals surface area (Å²) < 4.78 is 19.1. The fraction of sp³-hybridized carbons (Fsp3) is 0.400. The van der Waals surface area contributed by atoms with Crippen molar-refractivity contribution in [2.45, 2.75) is 6.42 Å². The highest BCUT2D eigenvalue weighted by atomic mass is 19.1. The van der Waals surface area contributed by atoms with Crippen molar-refractivity contribution < 1.29 is 13.9 Å². The summed E-state index contributed by atoms with van der Waals surface area (Å²) >= 11 is 0. The number of rotatable bonds is 1. The smallest absolute Gasteiger partial charge is 0.254 e. The molecular formula is C15H17FN2O2. The predicted octanol–water partition coefficient (Wildman–Crippen LogP) is 0.998. The third-order valence-corrected chi connectivity index (χ3v) is 3.05. The fourth-order valence-electron chi connectivity index (χ4n) is 2.03. The van der Waals surface area contributed by atoms with Crippen LogP contribution in [0.4, 0.5) is 4.39 Å². The normalized spacial score (nSPS) is 15.2. The molecule has 2 rings (SSSR count). The van der Waals surface area contributed by atoms with Crippen LogP contribution in [0.1, 0.15) is 22.3 Å². The Balaban J connectivity index is 2.15. The van der Waals surface area contributed by atoms with Crippen molar-refractivity contribution in [1.82, 2.24) is 4.90 Å². The Morgan fingerprint density at radius 3 is 3.00 bits per heavy atom. The van der Waals surface area contributed by atoms with Crippen LogP contribution in [0.15, 0.2) is 18.2 Å². The highest BCUT2D eigenvalue weighted by Crippen LogP contribution is 2.13. The Kier molecular flexibility index (Phi) is 5.10. The number of halogens is 1. The standard InChI is InChI=1S/C15H17FN2O2/c16-14-11-13(5-4-12(14)3-1-6-17)15(19)18-7-2-9-20-10-8-18/h4-5,11H,2,6-10,17H2. The number of hydrogen-bond acceptors (Lipinski definition) is 3. The molecule has 0 aromatic heterocycles. The summed E-state index contributed by atoms with van der Waals surface area (Å²) in [6.07, 6.45) is 0.800. The summed E-state index contributed by atoms with van der Waals surface area (Å²) in [5, 5.41) is 0. The minimum Gasteiger partial charge on any atom is -0.380 e. The van der Waals surface area contributed by atoms with Gasteiger partial charge in [-0.3, -0.25) is 4.79 Å². The molecule has 0 spiro atoms. The summed E-state index contributed by atoms with van der Waals surface area (Å²) in [6.45, 7) is 2.53. The lowest BCUT2D eigenvalue weighted by molar-refractivity contribution is 0.0741. The molecule has 1 amide bonds. The lowest BCUT2D eigenvalue weighted by Crippen LogP contribution is -2.33. The summed E-state index contributed by atoms with van der Waals surface area (Å²) in [6, 6.07) is 4.34. The van der Waals surface area contributed by atoms with Crippen LogP contribution >= 0.6 is 0 Å². The van der Waals surface area contributed by atoms with Gasteiger partial charge in [0.2, 0.25) is 0 Å². The molecule has 1 aromatic rings. The van der Waals surface area contributed by atoms with Crippen molar-refractivity contribution in [2.24, 2.45) is 5.73 Å². The van der Waals surface area contributed by atoms with Gasteiger partial charge in [-0.05, 0) is 24.6 Å². The van der Waals surface area contributed by atoms with E-state index in [1.165, 1.54) is 12.1 Å². The minimum atomic E-state index is -0.497. The van der Waals surface area contributed by atoms with Gasteiger partial charge in [-0.2, -0.15) is 0 Å². The maximum Gasteiger partial charge on any atom is 0.254 e. The zero-order chi connectivity index (χ0) is 14.4. The molecule has 0 aliphatic carbocycles. The van der Waals surface area contributed by atoms with Crippen LogP contribution in [-0.2, 0) is 4.74 Å². The molecule has 1 saturated heterocycles. The van der Waals surface area contributed by atoms with Crippen LogP contribution in [0.3, 0.4) is 0 Å². The SMILES string of the molecule is NCC#Cc1ccc(C(=O)N2CCCOCC2)cc1F. The van der Waals surface area contributed by atoms with Crippen molar-refractivity contribution in [3.8, 4) is 11.8 Å². The molecule has 0 radical (unpaired) electrons. The van der Waals surface area contributed by atoms with Gasteiger partial charge >= 0.3 is 0 Å². The van der Waals surface area contributed by atoms with E-state index < -0.39 is 5.82 Å². The summed E-state index contributed by atoms with van der Waals surface area (Å²) in [7, 11) is 0. The van der Waals surface area contributed by atoms with Crippen molar-refractivity contribution >= 4 is 5.91 Å². The molecule has 0 bridgehead atoms. The molecule has 0 saturated carbocycles. The molecule has 1 aliphatic rings. The average Bonchev–Trinajstić information content (AvgIpc) is 2.74. The van der Waals surface area contributed by atoms with Gasteiger partial charge < -0.3 is 15.4 Å². The van der Waals surface area contributed by atoms with Gasteiger partial charge in [-0.1, -0.05) is 11.8 Å². The molecule has 4 nitrogen and oxygen atoms in total. The first-order valence-corrected chi connectivity index (χ1v) is 6.58. The first-order chi connectivity index (χ1) is 9.72. The predicted molar refractivity (Wildman–Crippen MR) is 73.7 cm³/mol. The molecule has 1 aromatic carbocycles. The van der Waals surface area contributed by atoms with Gasteiger partial charge in [0, 0.05) is 25.3 Å². The number of nitrogens with two attached hydrogens (primary N) is 1.